The van der Waals surface area contributed by atoms with E-state index in [1.54, 1.807) is 0 Å². The molecule has 4 nitrogen and oxygen atoms in total. The molecule has 2 saturated heterocycles. The van der Waals surface area contributed by atoms with Crippen LogP contribution in [0.25, 0.3) is 0 Å². The molecule has 2 fully saturated rings. The summed E-state index contributed by atoms with van der Waals surface area (Å²) in [6.07, 6.45) is 2.61. The molecule has 4 heteroatoms. The minimum absolute atomic E-state index is 0.794. The first-order valence-electron chi connectivity index (χ1n) is 6.14. The molecule has 0 aromatic rings. The zero-order chi connectivity index (χ0) is 10.5. The van der Waals surface area contributed by atoms with Crippen LogP contribution in [0, 0.1) is 0 Å². The normalized spacial score (nSPS) is 27.0. The van der Waals surface area contributed by atoms with Gasteiger partial charge >= 0.3 is 0 Å². The van der Waals surface area contributed by atoms with Gasteiger partial charge in [0, 0.05) is 32.2 Å². The second kappa shape index (κ2) is 5.80. The minimum Gasteiger partial charge on any atom is -0.379 e. The van der Waals surface area contributed by atoms with Gasteiger partial charge in [0.05, 0.1) is 13.2 Å². The first-order valence-corrected chi connectivity index (χ1v) is 6.14. The van der Waals surface area contributed by atoms with Crippen LogP contribution in [-0.2, 0) is 4.74 Å². The van der Waals surface area contributed by atoms with Crippen molar-refractivity contribution in [2.45, 2.75) is 18.9 Å². The standard InChI is InChI=1S/C11H23N3O/c12-3-6-13-4-1-11(2-5-13)14-7-9-15-10-8-14/h11H,1-10,12H2. The lowest BCUT2D eigenvalue weighted by atomic mass is 10.0. The van der Waals surface area contributed by atoms with Crippen LogP contribution >= 0.6 is 0 Å². The predicted molar refractivity (Wildman–Crippen MR) is 60.9 cm³/mol. The van der Waals surface area contributed by atoms with E-state index >= 15 is 0 Å². The number of morpholine rings is 1. The van der Waals surface area contributed by atoms with E-state index in [4.69, 9.17) is 10.5 Å². The SMILES string of the molecule is NCCN1CCC(N2CCOCC2)CC1. The quantitative estimate of drug-likeness (QED) is 0.701. The van der Waals surface area contributed by atoms with Crippen molar-refractivity contribution in [3.63, 3.8) is 0 Å². The van der Waals surface area contributed by atoms with Gasteiger partial charge in [0.2, 0.25) is 0 Å². The fourth-order valence-corrected chi connectivity index (χ4v) is 2.63. The van der Waals surface area contributed by atoms with Crippen molar-refractivity contribution in [3.05, 3.63) is 0 Å². The number of likely N-dealkylation sites (tertiary alicyclic amines) is 1. The average Bonchev–Trinajstić information content (AvgIpc) is 2.32. The van der Waals surface area contributed by atoms with Gasteiger partial charge in [-0.05, 0) is 25.9 Å². The zero-order valence-electron chi connectivity index (χ0n) is 9.53. The maximum atomic E-state index is 5.57. The molecule has 0 aromatic carbocycles. The lowest BCUT2D eigenvalue weighted by molar-refractivity contribution is 0.00118. The summed E-state index contributed by atoms with van der Waals surface area (Å²) >= 11 is 0. The largest absolute Gasteiger partial charge is 0.379 e. The van der Waals surface area contributed by atoms with Crippen LogP contribution in [0.2, 0.25) is 0 Å². The van der Waals surface area contributed by atoms with Gasteiger partial charge in [-0.3, -0.25) is 4.90 Å². The lowest BCUT2D eigenvalue weighted by Crippen LogP contribution is -2.49. The fourth-order valence-electron chi connectivity index (χ4n) is 2.63. The maximum absolute atomic E-state index is 5.57. The number of piperidine rings is 1. The first-order chi connectivity index (χ1) is 7.40. The molecule has 0 radical (unpaired) electrons. The molecule has 0 saturated carbocycles. The molecule has 2 rings (SSSR count). The number of nitrogens with zero attached hydrogens (tertiary/aromatic N) is 2. The number of hydrogen-bond acceptors (Lipinski definition) is 4. The van der Waals surface area contributed by atoms with Gasteiger partial charge in [-0.2, -0.15) is 0 Å². The Morgan fingerprint density at radius 2 is 1.73 bits per heavy atom. The van der Waals surface area contributed by atoms with Crippen molar-refractivity contribution in [3.8, 4) is 0 Å². The minimum atomic E-state index is 0.794. The lowest BCUT2D eigenvalue weighted by Gasteiger charge is -2.40. The van der Waals surface area contributed by atoms with E-state index in [2.05, 4.69) is 9.80 Å². The third kappa shape index (κ3) is 3.14. The molecule has 2 heterocycles. The second-order valence-electron chi connectivity index (χ2n) is 4.51. The summed E-state index contributed by atoms with van der Waals surface area (Å²) in [6, 6.07) is 0.794. The van der Waals surface area contributed by atoms with E-state index in [0.717, 1.165) is 45.4 Å². The van der Waals surface area contributed by atoms with Crippen LogP contribution in [0.1, 0.15) is 12.8 Å². The van der Waals surface area contributed by atoms with Crippen molar-refractivity contribution < 1.29 is 4.74 Å². The van der Waals surface area contributed by atoms with Crippen molar-refractivity contribution >= 4 is 0 Å². The Labute approximate surface area is 92.4 Å². The Morgan fingerprint density at radius 3 is 2.33 bits per heavy atom. The Bertz CT molecular complexity index is 175. The van der Waals surface area contributed by atoms with E-state index in [9.17, 15) is 0 Å². The van der Waals surface area contributed by atoms with Crippen molar-refractivity contribution in [1.82, 2.24) is 9.80 Å². The average molecular weight is 213 g/mol. The number of rotatable bonds is 3. The Kier molecular flexibility index (Phi) is 4.38. The van der Waals surface area contributed by atoms with Crippen molar-refractivity contribution in [2.24, 2.45) is 5.73 Å². The molecule has 2 aliphatic heterocycles. The molecule has 0 amide bonds. The van der Waals surface area contributed by atoms with Crippen molar-refractivity contribution in [1.29, 1.82) is 0 Å². The second-order valence-corrected chi connectivity index (χ2v) is 4.51. The highest BCUT2D eigenvalue weighted by molar-refractivity contribution is 4.80. The molecule has 0 bridgehead atoms. The topological polar surface area (TPSA) is 41.7 Å². The van der Waals surface area contributed by atoms with Crippen LogP contribution in [0.3, 0.4) is 0 Å². The first kappa shape index (κ1) is 11.3. The van der Waals surface area contributed by atoms with Gasteiger partial charge in [0.25, 0.3) is 0 Å². The van der Waals surface area contributed by atoms with Gasteiger partial charge in [0.15, 0.2) is 0 Å². The summed E-state index contributed by atoms with van der Waals surface area (Å²) in [5.41, 5.74) is 5.57. The molecule has 0 spiro atoms. The molecule has 0 aliphatic carbocycles. The molecule has 0 aromatic heterocycles. The van der Waals surface area contributed by atoms with Crippen LogP contribution in [0.15, 0.2) is 0 Å². The van der Waals surface area contributed by atoms with E-state index in [1.165, 1.54) is 25.9 Å². The van der Waals surface area contributed by atoms with Crippen LogP contribution < -0.4 is 5.73 Å². The molecule has 0 atom stereocenters. The highest BCUT2D eigenvalue weighted by Crippen LogP contribution is 2.17. The number of hydrogen-bond donors (Lipinski definition) is 1. The van der Waals surface area contributed by atoms with Gasteiger partial charge in [0.1, 0.15) is 0 Å². The molecule has 88 valence electrons. The van der Waals surface area contributed by atoms with E-state index in [1.807, 2.05) is 0 Å². The third-order valence-corrected chi connectivity index (χ3v) is 3.56. The summed E-state index contributed by atoms with van der Waals surface area (Å²) < 4.78 is 5.38. The molecule has 15 heavy (non-hydrogen) atoms. The Morgan fingerprint density at radius 1 is 1.07 bits per heavy atom. The fraction of sp³-hybridized carbons (Fsp3) is 1.00. The van der Waals surface area contributed by atoms with E-state index in [0.29, 0.717) is 0 Å². The van der Waals surface area contributed by atoms with Crippen LogP contribution in [0.5, 0.6) is 0 Å². The molecule has 0 unspecified atom stereocenters. The maximum Gasteiger partial charge on any atom is 0.0594 e. The van der Waals surface area contributed by atoms with Crippen LogP contribution in [0.4, 0.5) is 0 Å². The molecule has 2 N–H and O–H groups in total. The highest BCUT2D eigenvalue weighted by atomic mass is 16.5. The summed E-state index contributed by atoms with van der Waals surface area (Å²) in [5, 5.41) is 0. The van der Waals surface area contributed by atoms with Crippen LogP contribution in [-0.4, -0.2) is 68.3 Å². The zero-order valence-corrected chi connectivity index (χ0v) is 9.53. The predicted octanol–water partition coefficient (Wildman–Crippen LogP) is -0.258. The molecular weight excluding hydrogens is 190 g/mol. The van der Waals surface area contributed by atoms with Crippen molar-refractivity contribution in [2.75, 3.05) is 52.5 Å². The summed E-state index contributed by atoms with van der Waals surface area (Å²) in [6.45, 7) is 8.39. The van der Waals surface area contributed by atoms with Gasteiger partial charge < -0.3 is 15.4 Å². The Balaban J connectivity index is 1.72. The third-order valence-electron chi connectivity index (χ3n) is 3.56. The number of nitrogens with two attached hydrogens (primary N) is 1. The molecule has 2 aliphatic rings. The summed E-state index contributed by atoms with van der Waals surface area (Å²) in [7, 11) is 0. The smallest absolute Gasteiger partial charge is 0.0594 e. The highest BCUT2D eigenvalue weighted by Gasteiger charge is 2.25. The van der Waals surface area contributed by atoms with Gasteiger partial charge in [-0.1, -0.05) is 0 Å². The molecular formula is C11H23N3O. The van der Waals surface area contributed by atoms with E-state index < -0.39 is 0 Å². The van der Waals surface area contributed by atoms with Gasteiger partial charge in [-0.15, -0.1) is 0 Å². The monoisotopic (exact) mass is 213 g/mol. The summed E-state index contributed by atoms with van der Waals surface area (Å²) in [5.74, 6) is 0. The Hall–Kier alpha value is -0.160. The van der Waals surface area contributed by atoms with Gasteiger partial charge in [-0.25, -0.2) is 0 Å². The summed E-state index contributed by atoms with van der Waals surface area (Å²) in [4.78, 5) is 5.08. The van der Waals surface area contributed by atoms with E-state index in [-0.39, 0.29) is 0 Å². The number of ether oxygens (including phenoxy) is 1.